The van der Waals surface area contributed by atoms with E-state index in [1.807, 2.05) is 20.0 Å². The van der Waals surface area contributed by atoms with Crippen LogP contribution in [0.25, 0.3) is 22.3 Å². The molecule has 3 rings (SSSR count). The monoisotopic (exact) mass is 244 g/mol. The highest BCUT2D eigenvalue weighted by atomic mass is 19.1. The first kappa shape index (κ1) is 10.8. The van der Waals surface area contributed by atoms with Crippen molar-refractivity contribution < 1.29 is 4.39 Å². The van der Waals surface area contributed by atoms with E-state index < -0.39 is 5.82 Å². The molecule has 0 aliphatic heterocycles. The highest BCUT2D eigenvalue weighted by molar-refractivity contribution is 5.88. The van der Waals surface area contributed by atoms with Gasteiger partial charge in [0.05, 0.1) is 23.3 Å². The molecule has 2 aromatic heterocycles. The van der Waals surface area contributed by atoms with Gasteiger partial charge >= 0.3 is 0 Å². The van der Waals surface area contributed by atoms with E-state index in [1.54, 1.807) is 16.9 Å². The molecular formula is C13H13FN4. The fraction of sp³-hybridized carbons (Fsp3) is 0.154. The normalized spacial score (nSPS) is 11.3. The van der Waals surface area contributed by atoms with Crippen molar-refractivity contribution in [3.63, 3.8) is 0 Å². The van der Waals surface area contributed by atoms with E-state index >= 15 is 0 Å². The molecule has 0 atom stereocenters. The van der Waals surface area contributed by atoms with Crippen LogP contribution >= 0.6 is 0 Å². The lowest BCUT2D eigenvalue weighted by molar-refractivity contribution is 0.634. The van der Waals surface area contributed by atoms with E-state index in [9.17, 15) is 4.39 Å². The van der Waals surface area contributed by atoms with Crippen LogP contribution in [0.1, 0.15) is 5.56 Å². The summed E-state index contributed by atoms with van der Waals surface area (Å²) in [7, 11) is 1.88. The summed E-state index contributed by atoms with van der Waals surface area (Å²) in [6.45, 7) is 1.99. The third-order valence-electron chi connectivity index (χ3n) is 3.11. The predicted octanol–water partition coefficient (Wildman–Crippen LogP) is 2.60. The Hall–Kier alpha value is -2.30. The first-order valence-electron chi connectivity index (χ1n) is 5.63. The number of aromatic nitrogens is 3. The molecule has 0 spiro atoms. The summed E-state index contributed by atoms with van der Waals surface area (Å²) >= 11 is 0. The van der Waals surface area contributed by atoms with Gasteiger partial charge in [0, 0.05) is 18.0 Å². The number of benzene rings is 1. The van der Waals surface area contributed by atoms with Crippen LogP contribution in [0.3, 0.4) is 0 Å². The zero-order valence-corrected chi connectivity index (χ0v) is 10.2. The number of nitrogens with zero attached hydrogens (tertiary/aromatic N) is 2. The third-order valence-corrected chi connectivity index (χ3v) is 3.11. The number of hydrogen-bond acceptors (Lipinski definition) is 2. The second-order valence-corrected chi connectivity index (χ2v) is 4.44. The molecule has 0 saturated heterocycles. The van der Waals surface area contributed by atoms with Gasteiger partial charge in [-0.1, -0.05) is 0 Å². The molecule has 0 aliphatic carbocycles. The molecule has 0 fully saturated rings. The molecule has 0 amide bonds. The Morgan fingerprint density at radius 3 is 2.78 bits per heavy atom. The number of nitrogens with one attached hydrogen (secondary N) is 1. The second kappa shape index (κ2) is 3.60. The number of anilines is 1. The van der Waals surface area contributed by atoms with Crippen molar-refractivity contribution >= 4 is 16.6 Å². The Bertz CT molecular complexity index is 680. The lowest BCUT2D eigenvalue weighted by Gasteiger charge is -1.99. The fourth-order valence-corrected chi connectivity index (χ4v) is 2.23. The Morgan fingerprint density at radius 2 is 2.11 bits per heavy atom. The highest BCUT2D eigenvalue weighted by Crippen LogP contribution is 2.28. The summed E-state index contributed by atoms with van der Waals surface area (Å²) in [5.41, 5.74) is 9.50. The number of hydrogen-bond donors (Lipinski definition) is 2. The minimum absolute atomic E-state index is 0.151. The summed E-state index contributed by atoms with van der Waals surface area (Å²) in [5.74, 6) is -0.394. The van der Waals surface area contributed by atoms with Gasteiger partial charge < -0.3 is 10.7 Å². The predicted molar refractivity (Wildman–Crippen MR) is 69.6 cm³/mol. The summed E-state index contributed by atoms with van der Waals surface area (Å²) in [6.07, 6.45) is 1.80. The maximum Gasteiger partial charge on any atom is 0.146 e. The van der Waals surface area contributed by atoms with Gasteiger partial charge in [0.1, 0.15) is 5.82 Å². The van der Waals surface area contributed by atoms with Crippen LogP contribution in [-0.4, -0.2) is 14.8 Å². The largest absolute Gasteiger partial charge is 0.396 e. The van der Waals surface area contributed by atoms with Crippen LogP contribution in [0, 0.1) is 12.7 Å². The van der Waals surface area contributed by atoms with Crippen LogP contribution in [0.2, 0.25) is 0 Å². The van der Waals surface area contributed by atoms with Gasteiger partial charge in [-0.25, -0.2) is 4.39 Å². The van der Waals surface area contributed by atoms with Crippen LogP contribution in [-0.2, 0) is 7.05 Å². The van der Waals surface area contributed by atoms with Crippen LogP contribution in [0.5, 0.6) is 0 Å². The van der Waals surface area contributed by atoms with Crippen molar-refractivity contribution in [2.45, 2.75) is 6.92 Å². The molecule has 18 heavy (non-hydrogen) atoms. The smallest absolute Gasteiger partial charge is 0.146 e. The Morgan fingerprint density at radius 1 is 1.33 bits per heavy atom. The van der Waals surface area contributed by atoms with Crippen molar-refractivity contribution in [2.75, 3.05) is 5.73 Å². The van der Waals surface area contributed by atoms with E-state index in [4.69, 9.17) is 5.73 Å². The van der Waals surface area contributed by atoms with Crippen molar-refractivity contribution in [3.8, 4) is 11.4 Å². The number of halogens is 1. The Balaban J connectivity index is 2.26. The molecule has 0 aliphatic rings. The first-order chi connectivity index (χ1) is 8.56. The van der Waals surface area contributed by atoms with E-state index in [1.165, 1.54) is 6.07 Å². The van der Waals surface area contributed by atoms with Crippen LogP contribution in [0.15, 0.2) is 24.4 Å². The molecule has 0 unspecified atom stereocenters. The van der Waals surface area contributed by atoms with E-state index in [0.29, 0.717) is 0 Å². The lowest BCUT2D eigenvalue weighted by Crippen LogP contribution is -1.94. The summed E-state index contributed by atoms with van der Waals surface area (Å²) in [4.78, 5) is 3.24. The quantitative estimate of drug-likeness (QED) is 0.646. The fourth-order valence-electron chi connectivity index (χ4n) is 2.23. The van der Waals surface area contributed by atoms with E-state index in [-0.39, 0.29) is 5.69 Å². The zero-order valence-electron chi connectivity index (χ0n) is 10.2. The number of H-pyrrole nitrogens is 1. The average molecular weight is 244 g/mol. The highest BCUT2D eigenvalue weighted by Gasteiger charge is 2.11. The van der Waals surface area contributed by atoms with Gasteiger partial charge in [-0.15, -0.1) is 0 Å². The Labute approximate surface area is 103 Å². The molecule has 0 radical (unpaired) electrons. The number of rotatable bonds is 1. The second-order valence-electron chi connectivity index (χ2n) is 4.44. The van der Waals surface area contributed by atoms with Gasteiger partial charge in [0.2, 0.25) is 0 Å². The van der Waals surface area contributed by atoms with Crippen molar-refractivity contribution in [1.82, 2.24) is 14.8 Å². The van der Waals surface area contributed by atoms with Gasteiger partial charge in [-0.2, -0.15) is 5.10 Å². The van der Waals surface area contributed by atoms with E-state index in [2.05, 4.69) is 10.1 Å². The molecule has 5 heteroatoms. The minimum atomic E-state index is -0.394. The Kier molecular flexibility index (Phi) is 2.16. The summed E-state index contributed by atoms with van der Waals surface area (Å²) in [6, 6.07) is 4.96. The first-order valence-corrected chi connectivity index (χ1v) is 5.63. The minimum Gasteiger partial charge on any atom is -0.396 e. The molecule has 3 N–H and O–H groups in total. The molecular weight excluding hydrogens is 231 g/mol. The summed E-state index contributed by atoms with van der Waals surface area (Å²) in [5, 5.41) is 5.00. The molecule has 0 saturated carbocycles. The molecule has 0 bridgehead atoms. The molecule has 1 aromatic carbocycles. The van der Waals surface area contributed by atoms with Crippen molar-refractivity contribution in [3.05, 3.63) is 35.8 Å². The van der Waals surface area contributed by atoms with Gasteiger partial charge in [0.25, 0.3) is 0 Å². The topological polar surface area (TPSA) is 59.6 Å². The number of nitrogen functional groups attached to an aromatic ring is 1. The third kappa shape index (κ3) is 1.48. The number of aromatic amines is 1. The van der Waals surface area contributed by atoms with Gasteiger partial charge in [-0.3, -0.25) is 4.68 Å². The molecule has 3 aromatic rings. The molecule has 4 nitrogen and oxygen atoms in total. The van der Waals surface area contributed by atoms with Crippen molar-refractivity contribution in [2.24, 2.45) is 7.05 Å². The SMILES string of the molecule is Cc1cnn(C)c1-c1cc2cc(F)c(N)cc2[nH]1. The molecule has 92 valence electrons. The van der Waals surface area contributed by atoms with Crippen molar-refractivity contribution in [1.29, 1.82) is 0 Å². The zero-order chi connectivity index (χ0) is 12.9. The number of fused-ring (bicyclic) bond motifs is 1. The van der Waals surface area contributed by atoms with Crippen LogP contribution < -0.4 is 5.73 Å². The number of aryl methyl sites for hydroxylation is 2. The average Bonchev–Trinajstić information content (AvgIpc) is 2.83. The maximum atomic E-state index is 13.4. The van der Waals surface area contributed by atoms with Gasteiger partial charge in [-0.05, 0) is 30.7 Å². The lowest BCUT2D eigenvalue weighted by atomic mass is 10.2. The van der Waals surface area contributed by atoms with Gasteiger partial charge in [0.15, 0.2) is 0 Å². The summed E-state index contributed by atoms with van der Waals surface area (Å²) < 4.78 is 15.2. The van der Waals surface area contributed by atoms with E-state index in [0.717, 1.165) is 27.9 Å². The van der Waals surface area contributed by atoms with Crippen LogP contribution in [0.4, 0.5) is 10.1 Å². The standard InChI is InChI=1S/C13H13FN4/c1-7-6-16-18(2)13(7)12-4-8-3-9(14)10(15)5-11(8)17-12/h3-6,17H,15H2,1-2H3. The number of nitrogens with two attached hydrogens (primary N) is 1. The maximum absolute atomic E-state index is 13.4. The molecule has 2 heterocycles.